The van der Waals surface area contributed by atoms with E-state index in [9.17, 15) is 14.2 Å². The van der Waals surface area contributed by atoms with Crippen molar-refractivity contribution in [2.75, 3.05) is 19.3 Å². The molecule has 1 fully saturated rings. The van der Waals surface area contributed by atoms with Crippen molar-refractivity contribution in [1.82, 2.24) is 4.90 Å². The molecule has 1 heterocycles. The van der Waals surface area contributed by atoms with Crippen LogP contribution in [-0.2, 0) is 29.8 Å². The van der Waals surface area contributed by atoms with E-state index in [0.29, 0.717) is 19.4 Å². The fourth-order valence-corrected chi connectivity index (χ4v) is 4.16. The molecule has 1 aliphatic rings. The summed E-state index contributed by atoms with van der Waals surface area (Å²) in [4.78, 5) is 24.8. The van der Waals surface area contributed by atoms with Gasteiger partial charge in [0.25, 0.3) is 0 Å². The first-order chi connectivity index (χ1) is 11.4. The standard InChI is InChI=1S/C16H22NO6P/c1-2-22-24(21,23-11-13-7-4-3-5-8-13)12-15(18)17-10-6-9-14(17)16(19)20/h3-5,7-8,14H,2,6,9-12H2,1H3,(H,19,20)/t14-,24?/m0/s1. The number of aliphatic carboxylic acids is 1. The zero-order valence-corrected chi connectivity index (χ0v) is 14.5. The average Bonchev–Trinajstić information content (AvgIpc) is 3.04. The van der Waals surface area contributed by atoms with E-state index in [0.717, 1.165) is 5.56 Å². The summed E-state index contributed by atoms with van der Waals surface area (Å²) in [6.45, 7) is 2.22. The second kappa shape index (κ2) is 8.42. The Labute approximate surface area is 141 Å². The lowest BCUT2D eigenvalue weighted by Crippen LogP contribution is -2.41. The van der Waals surface area contributed by atoms with Crippen molar-refractivity contribution in [3.05, 3.63) is 35.9 Å². The Morgan fingerprint density at radius 2 is 2.00 bits per heavy atom. The second-order valence-electron chi connectivity index (χ2n) is 5.53. The lowest BCUT2D eigenvalue weighted by molar-refractivity contribution is -0.147. The van der Waals surface area contributed by atoms with Crippen LogP contribution in [0.1, 0.15) is 25.3 Å². The first kappa shape index (κ1) is 18.6. The number of carboxylic acids is 1. The molecule has 0 radical (unpaired) electrons. The van der Waals surface area contributed by atoms with E-state index in [1.807, 2.05) is 30.3 Å². The van der Waals surface area contributed by atoms with Gasteiger partial charge in [0.2, 0.25) is 5.91 Å². The van der Waals surface area contributed by atoms with E-state index < -0.39 is 31.7 Å². The predicted octanol–water partition coefficient (Wildman–Crippen LogP) is 2.51. The molecule has 2 atom stereocenters. The SMILES string of the molecule is CCOP(=O)(CC(=O)N1CCC[C@H]1C(=O)O)OCc1ccccc1. The van der Waals surface area contributed by atoms with Gasteiger partial charge in [0.15, 0.2) is 0 Å². The topological polar surface area (TPSA) is 93.1 Å². The van der Waals surface area contributed by atoms with Gasteiger partial charge >= 0.3 is 13.6 Å². The van der Waals surface area contributed by atoms with E-state index in [4.69, 9.17) is 14.2 Å². The minimum absolute atomic E-state index is 0.0633. The fraction of sp³-hybridized carbons (Fsp3) is 0.500. The molecule has 1 unspecified atom stereocenters. The maximum Gasteiger partial charge on any atom is 0.340 e. The molecule has 2 rings (SSSR count). The quantitative estimate of drug-likeness (QED) is 0.720. The zero-order valence-electron chi connectivity index (χ0n) is 13.6. The van der Waals surface area contributed by atoms with Crippen LogP contribution in [0.2, 0.25) is 0 Å². The van der Waals surface area contributed by atoms with Gasteiger partial charge in [-0.15, -0.1) is 0 Å². The van der Waals surface area contributed by atoms with Gasteiger partial charge in [0, 0.05) is 6.54 Å². The van der Waals surface area contributed by atoms with Crippen molar-refractivity contribution in [3.63, 3.8) is 0 Å². The Hall–Kier alpha value is -1.69. The molecule has 1 amide bonds. The van der Waals surface area contributed by atoms with Crippen LogP contribution < -0.4 is 0 Å². The Morgan fingerprint density at radius 3 is 2.62 bits per heavy atom. The van der Waals surface area contributed by atoms with Crippen molar-refractivity contribution in [1.29, 1.82) is 0 Å². The molecule has 1 aliphatic heterocycles. The Bertz CT molecular complexity index is 620. The van der Waals surface area contributed by atoms with Gasteiger partial charge in [-0.25, -0.2) is 4.79 Å². The highest BCUT2D eigenvalue weighted by Crippen LogP contribution is 2.49. The van der Waals surface area contributed by atoms with Crippen LogP contribution in [0.4, 0.5) is 0 Å². The van der Waals surface area contributed by atoms with Gasteiger partial charge in [-0.1, -0.05) is 30.3 Å². The minimum Gasteiger partial charge on any atom is -0.480 e. The highest BCUT2D eigenvalue weighted by atomic mass is 31.2. The molecule has 24 heavy (non-hydrogen) atoms. The highest BCUT2D eigenvalue weighted by molar-refractivity contribution is 7.54. The zero-order chi connectivity index (χ0) is 17.6. The van der Waals surface area contributed by atoms with E-state index in [1.54, 1.807) is 6.92 Å². The third kappa shape index (κ3) is 4.90. The van der Waals surface area contributed by atoms with Crippen molar-refractivity contribution in [3.8, 4) is 0 Å². The lowest BCUT2D eigenvalue weighted by atomic mass is 10.2. The molecule has 0 aliphatic carbocycles. The molecule has 0 saturated carbocycles. The van der Waals surface area contributed by atoms with E-state index >= 15 is 0 Å². The molecule has 1 N–H and O–H groups in total. The summed E-state index contributed by atoms with van der Waals surface area (Å²) >= 11 is 0. The van der Waals surface area contributed by atoms with Crippen LogP contribution in [0.25, 0.3) is 0 Å². The number of benzene rings is 1. The number of carboxylic acid groups (broad SMARTS) is 1. The number of rotatable bonds is 8. The van der Waals surface area contributed by atoms with Crippen molar-refractivity contribution < 1.29 is 28.3 Å². The highest BCUT2D eigenvalue weighted by Gasteiger charge is 2.38. The monoisotopic (exact) mass is 355 g/mol. The van der Waals surface area contributed by atoms with Crippen LogP contribution in [-0.4, -0.2) is 47.2 Å². The van der Waals surface area contributed by atoms with Gasteiger partial charge in [-0.2, -0.15) is 0 Å². The third-order valence-electron chi connectivity index (χ3n) is 3.78. The molecule has 132 valence electrons. The second-order valence-corrected chi connectivity index (χ2v) is 7.58. The maximum atomic E-state index is 12.8. The summed E-state index contributed by atoms with van der Waals surface area (Å²) in [5, 5.41) is 9.16. The van der Waals surface area contributed by atoms with Gasteiger partial charge in [-0.05, 0) is 25.3 Å². The smallest absolute Gasteiger partial charge is 0.340 e. The summed E-state index contributed by atoms with van der Waals surface area (Å²) in [5.41, 5.74) is 0.814. The molecule has 1 aromatic carbocycles. The average molecular weight is 355 g/mol. The van der Waals surface area contributed by atoms with Gasteiger partial charge in [0.1, 0.15) is 12.2 Å². The summed E-state index contributed by atoms with van der Waals surface area (Å²) in [5.74, 6) is -1.55. The number of hydrogen-bond acceptors (Lipinski definition) is 5. The molecule has 0 spiro atoms. The van der Waals surface area contributed by atoms with Crippen LogP contribution in [0.5, 0.6) is 0 Å². The Kier molecular flexibility index (Phi) is 6.54. The normalized spacial score (nSPS) is 19.9. The molecule has 1 aromatic rings. The van der Waals surface area contributed by atoms with Crippen molar-refractivity contribution in [2.45, 2.75) is 32.4 Å². The fourth-order valence-electron chi connectivity index (χ4n) is 2.65. The molecule has 0 aromatic heterocycles. The number of hydrogen-bond donors (Lipinski definition) is 1. The van der Waals surface area contributed by atoms with Gasteiger partial charge in [-0.3, -0.25) is 9.36 Å². The molecule has 8 heteroatoms. The summed E-state index contributed by atoms with van der Waals surface area (Å²) in [6.07, 6.45) is 0.578. The summed E-state index contributed by atoms with van der Waals surface area (Å²) in [7, 11) is -3.63. The van der Waals surface area contributed by atoms with E-state index in [2.05, 4.69) is 0 Å². The van der Waals surface area contributed by atoms with Crippen LogP contribution >= 0.6 is 7.60 Å². The first-order valence-corrected chi connectivity index (χ1v) is 9.62. The Morgan fingerprint density at radius 1 is 1.29 bits per heavy atom. The van der Waals surface area contributed by atoms with Crippen molar-refractivity contribution >= 4 is 19.5 Å². The molecule has 7 nitrogen and oxygen atoms in total. The maximum absolute atomic E-state index is 12.8. The summed E-state index contributed by atoms with van der Waals surface area (Å²) in [6, 6.07) is 8.29. The van der Waals surface area contributed by atoms with Crippen LogP contribution in [0.15, 0.2) is 30.3 Å². The number of nitrogens with zero attached hydrogens (tertiary/aromatic N) is 1. The van der Waals surface area contributed by atoms with Crippen LogP contribution in [0.3, 0.4) is 0 Å². The van der Waals surface area contributed by atoms with E-state index in [1.165, 1.54) is 4.90 Å². The third-order valence-corrected chi connectivity index (χ3v) is 5.62. The lowest BCUT2D eigenvalue weighted by Gasteiger charge is -2.24. The first-order valence-electron chi connectivity index (χ1n) is 7.89. The number of likely N-dealkylation sites (tertiary alicyclic amines) is 1. The van der Waals surface area contributed by atoms with Crippen LogP contribution in [0, 0.1) is 0 Å². The molecule has 1 saturated heterocycles. The number of amides is 1. The van der Waals surface area contributed by atoms with Crippen molar-refractivity contribution in [2.24, 2.45) is 0 Å². The largest absolute Gasteiger partial charge is 0.480 e. The predicted molar refractivity (Wildman–Crippen MR) is 87.7 cm³/mol. The molecular formula is C16H22NO6P. The Balaban J connectivity index is 2.02. The molecule has 0 bridgehead atoms. The molecular weight excluding hydrogens is 333 g/mol. The van der Waals surface area contributed by atoms with Gasteiger partial charge in [0.05, 0.1) is 13.2 Å². The number of carbonyl (C=O) groups excluding carboxylic acids is 1. The van der Waals surface area contributed by atoms with E-state index in [-0.39, 0.29) is 13.2 Å². The minimum atomic E-state index is -3.63. The van der Waals surface area contributed by atoms with Gasteiger partial charge < -0.3 is 19.1 Å². The summed E-state index contributed by atoms with van der Waals surface area (Å²) < 4.78 is 23.4. The number of carbonyl (C=O) groups is 2.